The molecule has 0 bridgehead atoms. The summed E-state index contributed by atoms with van der Waals surface area (Å²) in [6.45, 7) is 0.963. The standard InChI is InChI=1S/C12H18N4S/c1-17-5-3-2-4-14-12-7-11-9(6-10(12)13)8-15-16-11/h6-8,14H,2-5,13H2,1H3,(H,15,16). The van der Waals surface area contributed by atoms with E-state index in [4.69, 9.17) is 5.73 Å². The first kappa shape index (κ1) is 12.1. The second-order valence-electron chi connectivity index (χ2n) is 4.02. The highest BCUT2D eigenvalue weighted by molar-refractivity contribution is 7.98. The number of nitrogen functional groups attached to an aromatic ring is 1. The van der Waals surface area contributed by atoms with Crippen LogP contribution in [0.4, 0.5) is 11.4 Å². The molecule has 0 aliphatic carbocycles. The van der Waals surface area contributed by atoms with Crippen LogP contribution in [0.1, 0.15) is 12.8 Å². The predicted octanol–water partition coefficient (Wildman–Crippen LogP) is 2.70. The van der Waals surface area contributed by atoms with Gasteiger partial charge in [0.15, 0.2) is 0 Å². The van der Waals surface area contributed by atoms with E-state index in [1.54, 1.807) is 6.20 Å². The van der Waals surface area contributed by atoms with Crippen molar-refractivity contribution in [3.8, 4) is 0 Å². The Balaban J connectivity index is 1.95. The van der Waals surface area contributed by atoms with Gasteiger partial charge in [0, 0.05) is 11.9 Å². The Morgan fingerprint density at radius 2 is 2.29 bits per heavy atom. The average Bonchev–Trinajstić information content (AvgIpc) is 2.76. The number of hydrogen-bond donors (Lipinski definition) is 3. The Kier molecular flexibility index (Phi) is 4.14. The third kappa shape index (κ3) is 3.06. The molecule has 4 nitrogen and oxygen atoms in total. The zero-order chi connectivity index (χ0) is 12.1. The summed E-state index contributed by atoms with van der Waals surface area (Å²) in [5.41, 5.74) is 8.77. The molecule has 2 aromatic rings. The summed E-state index contributed by atoms with van der Waals surface area (Å²) in [6.07, 6.45) is 6.33. The number of nitrogens with zero attached hydrogens (tertiary/aromatic N) is 1. The number of aromatic nitrogens is 2. The van der Waals surface area contributed by atoms with Crippen LogP contribution in [0, 0.1) is 0 Å². The lowest BCUT2D eigenvalue weighted by molar-refractivity contribution is 0.844. The maximum absolute atomic E-state index is 5.98. The Morgan fingerprint density at radius 1 is 1.41 bits per heavy atom. The Bertz CT molecular complexity index is 480. The van der Waals surface area contributed by atoms with Gasteiger partial charge in [0.2, 0.25) is 0 Å². The fraction of sp³-hybridized carbons (Fsp3) is 0.417. The first-order valence-electron chi connectivity index (χ1n) is 5.76. The van der Waals surface area contributed by atoms with Gasteiger partial charge in [-0.05, 0) is 37.0 Å². The second-order valence-corrected chi connectivity index (χ2v) is 5.01. The van der Waals surface area contributed by atoms with Crippen LogP contribution in [-0.2, 0) is 0 Å². The van der Waals surface area contributed by atoms with Crippen molar-refractivity contribution in [1.82, 2.24) is 10.2 Å². The van der Waals surface area contributed by atoms with Crippen LogP contribution in [0.3, 0.4) is 0 Å². The maximum Gasteiger partial charge on any atom is 0.0672 e. The summed E-state index contributed by atoms with van der Waals surface area (Å²) in [4.78, 5) is 0. The largest absolute Gasteiger partial charge is 0.397 e. The van der Waals surface area contributed by atoms with Crippen LogP contribution in [0.15, 0.2) is 18.3 Å². The normalized spacial score (nSPS) is 10.9. The number of anilines is 2. The van der Waals surface area contributed by atoms with Crippen molar-refractivity contribution in [3.05, 3.63) is 18.3 Å². The molecule has 1 heterocycles. The molecule has 5 heteroatoms. The van der Waals surface area contributed by atoms with Gasteiger partial charge < -0.3 is 11.1 Å². The van der Waals surface area contributed by atoms with Gasteiger partial charge in [0.1, 0.15) is 0 Å². The maximum atomic E-state index is 5.98. The van der Waals surface area contributed by atoms with Crippen molar-refractivity contribution in [2.45, 2.75) is 12.8 Å². The van der Waals surface area contributed by atoms with Crippen LogP contribution < -0.4 is 11.1 Å². The highest BCUT2D eigenvalue weighted by Gasteiger charge is 2.02. The van der Waals surface area contributed by atoms with E-state index in [0.29, 0.717) is 0 Å². The van der Waals surface area contributed by atoms with Crippen molar-refractivity contribution in [1.29, 1.82) is 0 Å². The molecular formula is C12H18N4S. The fourth-order valence-corrected chi connectivity index (χ4v) is 2.25. The van der Waals surface area contributed by atoms with E-state index >= 15 is 0 Å². The molecular weight excluding hydrogens is 232 g/mol. The van der Waals surface area contributed by atoms with E-state index in [9.17, 15) is 0 Å². The van der Waals surface area contributed by atoms with Crippen molar-refractivity contribution >= 4 is 34.0 Å². The monoisotopic (exact) mass is 250 g/mol. The molecule has 0 saturated carbocycles. The molecule has 0 radical (unpaired) electrons. The minimum absolute atomic E-state index is 0.781. The molecule has 0 aliphatic heterocycles. The topological polar surface area (TPSA) is 66.7 Å². The minimum atomic E-state index is 0.781. The molecule has 0 saturated heterocycles. The third-order valence-corrected chi connectivity index (χ3v) is 3.40. The van der Waals surface area contributed by atoms with Gasteiger partial charge in [-0.25, -0.2) is 0 Å². The summed E-state index contributed by atoms with van der Waals surface area (Å²) < 4.78 is 0. The Labute approximate surface area is 105 Å². The average molecular weight is 250 g/mol. The summed E-state index contributed by atoms with van der Waals surface area (Å²) in [5, 5.41) is 11.4. The van der Waals surface area contributed by atoms with Crippen molar-refractivity contribution in [2.24, 2.45) is 0 Å². The molecule has 1 aromatic carbocycles. The van der Waals surface area contributed by atoms with Crippen molar-refractivity contribution < 1.29 is 0 Å². The number of nitrogens with two attached hydrogens (primary N) is 1. The molecule has 0 aliphatic rings. The molecule has 0 spiro atoms. The van der Waals surface area contributed by atoms with Crippen LogP contribution in [-0.4, -0.2) is 28.8 Å². The molecule has 92 valence electrons. The molecule has 4 N–H and O–H groups in total. The first-order chi connectivity index (χ1) is 8.31. The van der Waals surface area contributed by atoms with Crippen LogP contribution in [0.2, 0.25) is 0 Å². The van der Waals surface area contributed by atoms with E-state index < -0.39 is 0 Å². The first-order valence-corrected chi connectivity index (χ1v) is 7.16. The van der Waals surface area contributed by atoms with Gasteiger partial charge in [-0.2, -0.15) is 16.9 Å². The number of thioether (sulfide) groups is 1. The van der Waals surface area contributed by atoms with Crippen LogP contribution >= 0.6 is 11.8 Å². The van der Waals surface area contributed by atoms with E-state index in [0.717, 1.165) is 28.8 Å². The number of fused-ring (bicyclic) bond motifs is 1. The van der Waals surface area contributed by atoms with Crippen molar-refractivity contribution in [2.75, 3.05) is 29.6 Å². The van der Waals surface area contributed by atoms with Crippen molar-refractivity contribution in [3.63, 3.8) is 0 Å². The van der Waals surface area contributed by atoms with Gasteiger partial charge in [0.25, 0.3) is 0 Å². The van der Waals surface area contributed by atoms with Gasteiger partial charge in [0.05, 0.1) is 23.1 Å². The third-order valence-electron chi connectivity index (χ3n) is 2.70. The van der Waals surface area contributed by atoms with E-state index in [1.165, 1.54) is 18.6 Å². The summed E-state index contributed by atoms with van der Waals surface area (Å²) in [6, 6.07) is 3.97. The zero-order valence-corrected chi connectivity index (χ0v) is 10.8. The number of H-pyrrole nitrogens is 1. The number of unbranched alkanes of at least 4 members (excludes halogenated alkanes) is 1. The van der Waals surface area contributed by atoms with Crippen LogP contribution in [0.5, 0.6) is 0 Å². The predicted molar refractivity (Wildman–Crippen MR) is 76.6 cm³/mol. The quantitative estimate of drug-likeness (QED) is 0.545. The summed E-state index contributed by atoms with van der Waals surface area (Å²) >= 11 is 1.89. The minimum Gasteiger partial charge on any atom is -0.397 e. The lowest BCUT2D eigenvalue weighted by Crippen LogP contribution is -2.04. The molecule has 0 fully saturated rings. The second kappa shape index (κ2) is 5.82. The molecule has 17 heavy (non-hydrogen) atoms. The molecule has 0 unspecified atom stereocenters. The fourth-order valence-electron chi connectivity index (χ4n) is 1.76. The highest BCUT2D eigenvalue weighted by atomic mass is 32.2. The zero-order valence-electron chi connectivity index (χ0n) is 9.99. The Hall–Kier alpha value is -1.36. The van der Waals surface area contributed by atoms with Gasteiger partial charge in [-0.15, -0.1) is 0 Å². The molecule has 0 atom stereocenters. The SMILES string of the molecule is CSCCCCNc1cc2[nH]ncc2cc1N. The lowest BCUT2D eigenvalue weighted by Gasteiger charge is -2.09. The molecule has 0 amide bonds. The number of nitrogens with one attached hydrogen (secondary N) is 2. The van der Waals surface area contributed by atoms with E-state index in [-0.39, 0.29) is 0 Å². The lowest BCUT2D eigenvalue weighted by atomic mass is 10.2. The number of benzene rings is 1. The summed E-state index contributed by atoms with van der Waals surface area (Å²) in [7, 11) is 0. The van der Waals surface area contributed by atoms with E-state index in [2.05, 4.69) is 21.8 Å². The number of rotatable bonds is 6. The number of hydrogen-bond acceptors (Lipinski definition) is 4. The van der Waals surface area contributed by atoms with Gasteiger partial charge in [-0.1, -0.05) is 0 Å². The molecule has 2 rings (SSSR count). The number of aromatic amines is 1. The van der Waals surface area contributed by atoms with Crippen LogP contribution in [0.25, 0.3) is 10.9 Å². The van der Waals surface area contributed by atoms with Gasteiger partial charge in [-0.3, -0.25) is 5.10 Å². The highest BCUT2D eigenvalue weighted by Crippen LogP contribution is 2.24. The smallest absolute Gasteiger partial charge is 0.0672 e. The molecule has 1 aromatic heterocycles. The van der Waals surface area contributed by atoms with E-state index in [1.807, 2.05) is 23.9 Å². The van der Waals surface area contributed by atoms with Gasteiger partial charge >= 0.3 is 0 Å². The Morgan fingerprint density at radius 3 is 3.12 bits per heavy atom. The summed E-state index contributed by atoms with van der Waals surface area (Å²) in [5.74, 6) is 1.22.